The quantitative estimate of drug-likeness (QED) is 0.862. The number of hydrogen-bond acceptors (Lipinski definition) is 3. The molecule has 0 saturated carbocycles. The van der Waals surface area contributed by atoms with Gasteiger partial charge in [-0.2, -0.15) is 0 Å². The summed E-state index contributed by atoms with van der Waals surface area (Å²) in [6, 6.07) is 10.9. The van der Waals surface area contributed by atoms with Gasteiger partial charge in [0, 0.05) is 32.8 Å². The molecule has 0 aromatic heterocycles. The third-order valence-corrected chi connectivity index (χ3v) is 5.25. The van der Waals surface area contributed by atoms with Crippen LogP contribution >= 0.6 is 0 Å². The number of hydrogen-bond donors (Lipinski definition) is 1. The third kappa shape index (κ3) is 5.44. The molecule has 2 aliphatic heterocycles. The van der Waals surface area contributed by atoms with Gasteiger partial charge in [0.2, 0.25) is 0 Å². The van der Waals surface area contributed by atoms with Crippen molar-refractivity contribution in [3.63, 3.8) is 0 Å². The molecule has 0 spiro atoms. The Hall–Kier alpha value is -1.59. The predicted molar refractivity (Wildman–Crippen MR) is 99.4 cm³/mol. The van der Waals surface area contributed by atoms with E-state index in [-0.39, 0.29) is 12.1 Å². The molecule has 5 heteroatoms. The Labute approximate surface area is 151 Å². The number of benzene rings is 1. The highest BCUT2D eigenvalue weighted by Crippen LogP contribution is 2.20. The molecule has 5 nitrogen and oxygen atoms in total. The minimum Gasteiger partial charge on any atom is -0.379 e. The van der Waals surface area contributed by atoms with Gasteiger partial charge in [-0.3, -0.25) is 4.90 Å². The van der Waals surface area contributed by atoms with Gasteiger partial charge in [-0.1, -0.05) is 30.3 Å². The zero-order valence-electron chi connectivity index (χ0n) is 15.3. The van der Waals surface area contributed by atoms with Crippen LogP contribution < -0.4 is 5.32 Å². The van der Waals surface area contributed by atoms with Crippen LogP contribution in [-0.4, -0.2) is 61.3 Å². The molecule has 25 heavy (non-hydrogen) atoms. The predicted octanol–water partition coefficient (Wildman–Crippen LogP) is 2.72. The maximum atomic E-state index is 12.5. The molecular weight excluding hydrogens is 314 g/mol. The highest BCUT2D eigenvalue weighted by atomic mass is 16.5. The van der Waals surface area contributed by atoms with Gasteiger partial charge in [-0.15, -0.1) is 0 Å². The second-order valence-corrected chi connectivity index (χ2v) is 7.28. The van der Waals surface area contributed by atoms with Crippen LogP contribution in [0.4, 0.5) is 4.79 Å². The lowest BCUT2D eigenvalue weighted by Gasteiger charge is -2.29. The van der Waals surface area contributed by atoms with Crippen molar-refractivity contribution in [2.75, 3.05) is 39.4 Å². The molecule has 1 N–H and O–H groups in total. The Kier molecular flexibility index (Phi) is 6.70. The van der Waals surface area contributed by atoms with Crippen LogP contribution in [0.25, 0.3) is 0 Å². The summed E-state index contributed by atoms with van der Waals surface area (Å²) in [6.45, 7) is 8.35. The lowest BCUT2D eigenvalue weighted by molar-refractivity contribution is 0.0704. The Bertz CT molecular complexity index is 531. The first kappa shape index (κ1) is 18.2. The van der Waals surface area contributed by atoms with Crippen molar-refractivity contribution in [3.8, 4) is 0 Å². The van der Waals surface area contributed by atoms with Crippen LogP contribution in [0.2, 0.25) is 0 Å². The molecule has 2 heterocycles. The van der Waals surface area contributed by atoms with E-state index in [0.717, 1.165) is 52.2 Å². The fourth-order valence-corrected chi connectivity index (χ4v) is 3.83. The maximum Gasteiger partial charge on any atom is 0.317 e. The molecule has 0 unspecified atom stereocenters. The van der Waals surface area contributed by atoms with Crippen molar-refractivity contribution < 1.29 is 9.53 Å². The molecule has 0 bridgehead atoms. The van der Waals surface area contributed by atoms with Crippen molar-refractivity contribution in [3.05, 3.63) is 35.9 Å². The van der Waals surface area contributed by atoms with E-state index >= 15 is 0 Å². The van der Waals surface area contributed by atoms with E-state index < -0.39 is 0 Å². The van der Waals surface area contributed by atoms with Gasteiger partial charge in [0.05, 0.1) is 12.6 Å². The van der Waals surface area contributed by atoms with Crippen molar-refractivity contribution in [1.82, 2.24) is 15.1 Å². The summed E-state index contributed by atoms with van der Waals surface area (Å²) in [5.41, 5.74) is 1.37. The second kappa shape index (κ2) is 9.20. The van der Waals surface area contributed by atoms with Crippen LogP contribution in [0, 0.1) is 5.92 Å². The number of nitrogens with zero attached hydrogens (tertiary/aromatic N) is 2. The highest BCUT2D eigenvalue weighted by molar-refractivity contribution is 5.74. The Morgan fingerprint density at radius 3 is 2.88 bits per heavy atom. The van der Waals surface area contributed by atoms with Crippen molar-refractivity contribution in [1.29, 1.82) is 0 Å². The zero-order chi connectivity index (χ0) is 17.5. The lowest BCUT2D eigenvalue weighted by atomic mass is 10.1. The van der Waals surface area contributed by atoms with Crippen LogP contribution in [-0.2, 0) is 11.3 Å². The molecule has 0 aliphatic carbocycles. The van der Waals surface area contributed by atoms with E-state index in [0.29, 0.717) is 12.5 Å². The first-order valence-corrected chi connectivity index (χ1v) is 9.64. The summed E-state index contributed by atoms with van der Waals surface area (Å²) in [6.07, 6.45) is 3.23. The van der Waals surface area contributed by atoms with Crippen molar-refractivity contribution in [2.24, 2.45) is 5.92 Å². The summed E-state index contributed by atoms with van der Waals surface area (Å²) in [5, 5.41) is 3.14. The van der Waals surface area contributed by atoms with E-state index in [1.165, 1.54) is 12.0 Å². The molecule has 2 saturated heterocycles. The molecule has 2 amide bonds. The van der Waals surface area contributed by atoms with Gasteiger partial charge >= 0.3 is 6.03 Å². The average Bonchev–Trinajstić information content (AvgIpc) is 3.08. The van der Waals surface area contributed by atoms with E-state index in [1.807, 2.05) is 4.90 Å². The summed E-state index contributed by atoms with van der Waals surface area (Å²) in [5.74, 6) is 0.567. The number of nitrogens with one attached hydrogen (secondary N) is 1. The summed E-state index contributed by atoms with van der Waals surface area (Å²) < 4.78 is 5.46. The lowest BCUT2D eigenvalue weighted by Crippen LogP contribution is -2.49. The molecule has 3 rings (SSSR count). The molecule has 1 aromatic rings. The number of ether oxygens (including phenoxy) is 1. The van der Waals surface area contributed by atoms with E-state index in [4.69, 9.17) is 4.74 Å². The Morgan fingerprint density at radius 2 is 2.16 bits per heavy atom. The summed E-state index contributed by atoms with van der Waals surface area (Å²) in [4.78, 5) is 17.0. The van der Waals surface area contributed by atoms with E-state index in [1.54, 1.807) is 0 Å². The maximum absolute atomic E-state index is 12.5. The first-order chi connectivity index (χ1) is 12.2. The minimum atomic E-state index is 0.0690. The largest absolute Gasteiger partial charge is 0.379 e. The Morgan fingerprint density at radius 1 is 1.32 bits per heavy atom. The second-order valence-electron chi connectivity index (χ2n) is 7.28. The summed E-state index contributed by atoms with van der Waals surface area (Å²) >= 11 is 0. The van der Waals surface area contributed by atoms with Crippen LogP contribution in [0.3, 0.4) is 0 Å². The van der Waals surface area contributed by atoms with Gasteiger partial charge in [0.15, 0.2) is 0 Å². The van der Waals surface area contributed by atoms with E-state index in [2.05, 4.69) is 47.5 Å². The Balaban J connectivity index is 1.44. The molecule has 0 radical (unpaired) electrons. The molecule has 2 aliphatic rings. The van der Waals surface area contributed by atoms with E-state index in [9.17, 15) is 4.79 Å². The molecular formula is C20H31N3O2. The standard InChI is InChI=1S/C20H31N3O2/c1-2-23(20(24)21-19-9-6-12-25-16-19)15-18-10-11-22(14-18)13-17-7-4-3-5-8-17/h3-5,7-8,18-19H,2,6,9-16H2,1H3,(H,21,24)/t18-,19-/m1/s1. The van der Waals surface area contributed by atoms with Gasteiger partial charge in [0.25, 0.3) is 0 Å². The highest BCUT2D eigenvalue weighted by Gasteiger charge is 2.27. The number of amides is 2. The number of carbonyl (C=O) groups is 1. The van der Waals surface area contributed by atoms with Gasteiger partial charge in [-0.05, 0) is 44.2 Å². The number of urea groups is 1. The topological polar surface area (TPSA) is 44.8 Å². The number of likely N-dealkylation sites (tertiary alicyclic amines) is 1. The van der Waals surface area contributed by atoms with Crippen LogP contribution in [0.1, 0.15) is 31.7 Å². The molecule has 1 aromatic carbocycles. The van der Waals surface area contributed by atoms with Gasteiger partial charge in [-0.25, -0.2) is 4.79 Å². The normalized spacial score (nSPS) is 24.2. The summed E-state index contributed by atoms with van der Waals surface area (Å²) in [7, 11) is 0. The SMILES string of the molecule is CCN(C[C@@H]1CCN(Cc2ccccc2)C1)C(=O)N[C@@H]1CCCOC1. The van der Waals surface area contributed by atoms with Gasteiger partial charge in [0.1, 0.15) is 0 Å². The number of carbonyl (C=O) groups excluding carboxylic acids is 1. The number of rotatable bonds is 6. The molecule has 138 valence electrons. The fourth-order valence-electron chi connectivity index (χ4n) is 3.83. The van der Waals surface area contributed by atoms with Crippen LogP contribution in [0.5, 0.6) is 0 Å². The fraction of sp³-hybridized carbons (Fsp3) is 0.650. The minimum absolute atomic E-state index is 0.0690. The van der Waals surface area contributed by atoms with Crippen LogP contribution in [0.15, 0.2) is 30.3 Å². The van der Waals surface area contributed by atoms with Crippen molar-refractivity contribution in [2.45, 2.75) is 38.8 Å². The zero-order valence-corrected chi connectivity index (χ0v) is 15.3. The first-order valence-electron chi connectivity index (χ1n) is 9.64. The van der Waals surface area contributed by atoms with Crippen molar-refractivity contribution >= 4 is 6.03 Å². The third-order valence-electron chi connectivity index (χ3n) is 5.25. The molecule has 2 atom stereocenters. The molecule has 2 fully saturated rings. The van der Waals surface area contributed by atoms with Gasteiger partial charge < -0.3 is 15.0 Å². The average molecular weight is 345 g/mol. The smallest absolute Gasteiger partial charge is 0.317 e. The monoisotopic (exact) mass is 345 g/mol.